The predicted molar refractivity (Wildman–Crippen MR) is 103 cm³/mol. The highest BCUT2D eigenvalue weighted by molar-refractivity contribution is 7.99. The molecule has 1 atom stereocenters. The van der Waals surface area contributed by atoms with Crippen molar-refractivity contribution < 1.29 is 9.53 Å². The highest BCUT2D eigenvalue weighted by atomic mass is 32.2. The molecule has 0 spiro atoms. The Labute approximate surface area is 158 Å². The van der Waals surface area contributed by atoms with Crippen LogP contribution in [0.2, 0.25) is 0 Å². The van der Waals surface area contributed by atoms with Gasteiger partial charge in [-0.05, 0) is 47.0 Å². The van der Waals surface area contributed by atoms with Gasteiger partial charge in [-0.1, -0.05) is 44.9 Å². The van der Waals surface area contributed by atoms with E-state index in [2.05, 4.69) is 34.7 Å². The van der Waals surface area contributed by atoms with Crippen molar-refractivity contribution in [3.63, 3.8) is 0 Å². The van der Waals surface area contributed by atoms with E-state index in [4.69, 9.17) is 4.74 Å². The van der Waals surface area contributed by atoms with Gasteiger partial charge in [0, 0.05) is 6.54 Å². The van der Waals surface area contributed by atoms with E-state index in [0.717, 1.165) is 30.8 Å². The van der Waals surface area contributed by atoms with Gasteiger partial charge in [-0.15, -0.1) is 5.10 Å². The molecule has 1 aromatic carbocycles. The SMILES string of the molecule is CCCC[C@@H](CC)CNC(=O)CSc1nnnn1-c1ccc(OC)cc1. The highest BCUT2D eigenvalue weighted by Crippen LogP contribution is 2.20. The van der Waals surface area contributed by atoms with Gasteiger partial charge in [-0.2, -0.15) is 4.68 Å². The third-order valence-corrected chi connectivity index (χ3v) is 5.14. The molecule has 0 unspecified atom stereocenters. The van der Waals surface area contributed by atoms with E-state index in [1.807, 2.05) is 24.3 Å². The second-order valence-corrected chi connectivity index (χ2v) is 7.02. The van der Waals surface area contributed by atoms with Crippen molar-refractivity contribution in [2.45, 2.75) is 44.7 Å². The number of nitrogens with one attached hydrogen (secondary N) is 1. The summed E-state index contributed by atoms with van der Waals surface area (Å²) in [5.74, 6) is 1.62. The van der Waals surface area contributed by atoms with Crippen molar-refractivity contribution in [1.82, 2.24) is 25.5 Å². The fourth-order valence-electron chi connectivity index (χ4n) is 2.54. The van der Waals surface area contributed by atoms with Gasteiger partial charge < -0.3 is 10.1 Å². The van der Waals surface area contributed by atoms with Crippen LogP contribution in [0.25, 0.3) is 5.69 Å². The van der Waals surface area contributed by atoms with E-state index in [-0.39, 0.29) is 5.91 Å². The summed E-state index contributed by atoms with van der Waals surface area (Å²) in [4.78, 5) is 12.1. The van der Waals surface area contributed by atoms with Crippen molar-refractivity contribution in [3.8, 4) is 11.4 Å². The van der Waals surface area contributed by atoms with Gasteiger partial charge in [-0.3, -0.25) is 4.79 Å². The molecule has 0 aliphatic carbocycles. The molecule has 0 fully saturated rings. The number of rotatable bonds is 11. The second-order valence-electron chi connectivity index (χ2n) is 6.08. The molecule has 0 aliphatic heterocycles. The molecule has 1 N–H and O–H groups in total. The maximum atomic E-state index is 12.1. The van der Waals surface area contributed by atoms with Gasteiger partial charge in [0.25, 0.3) is 0 Å². The van der Waals surface area contributed by atoms with Crippen LogP contribution in [0.1, 0.15) is 39.5 Å². The number of unbranched alkanes of at least 4 members (excludes halogenated alkanes) is 1. The number of ether oxygens (including phenoxy) is 1. The monoisotopic (exact) mass is 377 g/mol. The fourth-order valence-corrected chi connectivity index (χ4v) is 3.26. The van der Waals surface area contributed by atoms with Crippen LogP contribution in [0.15, 0.2) is 29.4 Å². The fraction of sp³-hybridized carbons (Fsp3) is 0.556. The number of benzene rings is 1. The normalized spacial score (nSPS) is 12.0. The maximum Gasteiger partial charge on any atom is 0.230 e. The van der Waals surface area contributed by atoms with E-state index in [1.165, 1.54) is 24.6 Å². The number of thioether (sulfide) groups is 1. The number of tetrazole rings is 1. The van der Waals surface area contributed by atoms with E-state index in [1.54, 1.807) is 11.8 Å². The average Bonchev–Trinajstić information content (AvgIpc) is 3.15. The minimum Gasteiger partial charge on any atom is -0.497 e. The van der Waals surface area contributed by atoms with Crippen LogP contribution in [0.4, 0.5) is 0 Å². The summed E-state index contributed by atoms with van der Waals surface area (Å²) in [5.41, 5.74) is 0.823. The van der Waals surface area contributed by atoms with E-state index in [9.17, 15) is 4.79 Å². The topological polar surface area (TPSA) is 81.9 Å². The number of amides is 1. The lowest BCUT2D eigenvalue weighted by atomic mass is 9.99. The Morgan fingerprint density at radius 3 is 2.73 bits per heavy atom. The lowest BCUT2D eigenvalue weighted by Gasteiger charge is -2.15. The van der Waals surface area contributed by atoms with Gasteiger partial charge in [0.05, 0.1) is 18.6 Å². The van der Waals surface area contributed by atoms with Crippen LogP contribution in [0.3, 0.4) is 0 Å². The number of hydrogen-bond donors (Lipinski definition) is 1. The third-order valence-electron chi connectivity index (χ3n) is 4.22. The highest BCUT2D eigenvalue weighted by Gasteiger charge is 2.13. The number of aromatic nitrogens is 4. The summed E-state index contributed by atoms with van der Waals surface area (Å²) in [6, 6.07) is 7.44. The van der Waals surface area contributed by atoms with Crippen LogP contribution in [-0.2, 0) is 4.79 Å². The molecule has 0 aliphatic rings. The van der Waals surface area contributed by atoms with Crippen LogP contribution >= 0.6 is 11.8 Å². The Morgan fingerprint density at radius 1 is 1.31 bits per heavy atom. The summed E-state index contributed by atoms with van der Waals surface area (Å²) >= 11 is 1.33. The molecule has 0 radical (unpaired) electrons. The molecular weight excluding hydrogens is 350 g/mol. The zero-order valence-electron chi connectivity index (χ0n) is 15.6. The molecule has 0 saturated carbocycles. The molecular formula is C18H27N5O2S. The summed E-state index contributed by atoms with van der Waals surface area (Å²) in [6.45, 7) is 5.10. The van der Waals surface area contributed by atoms with Crippen molar-refractivity contribution >= 4 is 17.7 Å². The van der Waals surface area contributed by atoms with Crippen molar-refractivity contribution in [2.75, 3.05) is 19.4 Å². The number of hydrogen-bond acceptors (Lipinski definition) is 6. The van der Waals surface area contributed by atoms with Crippen molar-refractivity contribution in [2.24, 2.45) is 5.92 Å². The Kier molecular flexibility index (Phi) is 8.40. The molecule has 2 aromatic rings. The van der Waals surface area contributed by atoms with E-state index < -0.39 is 0 Å². The van der Waals surface area contributed by atoms with Gasteiger partial charge in [0.1, 0.15) is 5.75 Å². The molecule has 1 aromatic heterocycles. The molecule has 0 saturated heterocycles. The summed E-state index contributed by atoms with van der Waals surface area (Å²) in [7, 11) is 1.62. The Bertz CT molecular complexity index is 674. The number of nitrogens with zero attached hydrogens (tertiary/aromatic N) is 4. The van der Waals surface area contributed by atoms with Gasteiger partial charge in [-0.25, -0.2) is 0 Å². The lowest BCUT2D eigenvalue weighted by Crippen LogP contribution is -2.30. The minimum absolute atomic E-state index is 0.00855. The number of carbonyl (C=O) groups is 1. The molecule has 7 nitrogen and oxygen atoms in total. The maximum absolute atomic E-state index is 12.1. The summed E-state index contributed by atoms with van der Waals surface area (Å²) < 4.78 is 6.78. The van der Waals surface area contributed by atoms with Gasteiger partial charge >= 0.3 is 0 Å². The standard InChI is InChI=1S/C18H27N5O2S/c1-4-6-7-14(5-2)12-19-17(24)13-26-18-20-21-22-23(18)15-8-10-16(25-3)11-9-15/h8-11,14H,4-7,12-13H2,1-3H3,(H,19,24)/t14-/m1/s1. The first-order valence-corrected chi connectivity index (χ1v) is 9.98. The van der Waals surface area contributed by atoms with Crippen LogP contribution in [0.5, 0.6) is 5.75 Å². The van der Waals surface area contributed by atoms with E-state index >= 15 is 0 Å². The molecule has 8 heteroatoms. The van der Waals surface area contributed by atoms with Crippen LogP contribution in [0, 0.1) is 5.92 Å². The first kappa shape index (κ1) is 20.2. The first-order chi connectivity index (χ1) is 12.7. The molecule has 2 rings (SSSR count). The number of methoxy groups -OCH3 is 1. The smallest absolute Gasteiger partial charge is 0.230 e. The molecule has 1 heterocycles. The van der Waals surface area contributed by atoms with Crippen LogP contribution < -0.4 is 10.1 Å². The van der Waals surface area contributed by atoms with Gasteiger partial charge in [0.15, 0.2) is 0 Å². The minimum atomic E-state index is 0.00855. The quantitative estimate of drug-likeness (QED) is 0.606. The lowest BCUT2D eigenvalue weighted by molar-refractivity contribution is -0.118. The number of carbonyl (C=O) groups excluding carboxylic acids is 1. The Hall–Kier alpha value is -2.09. The second kappa shape index (κ2) is 10.8. The molecule has 1 amide bonds. The Balaban J connectivity index is 1.86. The summed E-state index contributed by atoms with van der Waals surface area (Å²) in [6.07, 6.45) is 4.65. The first-order valence-electron chi connectivity index (χ1n) is 9.00. The molecule has 142 valence electrons. The molecule has 0 bridgehead atoms. The van der Waals surface area contributed by atoms with E-state index in [0.29, 0.717) is 16.8 Å². The van der Waals surface area contributed by atoms with Crippen LogP contribution in [-0.4, -0.2) is 45.5 Å². The zero-order valence-corrected chi connectivity index (χ0v) is 16.5. The third kappa shape index (κ3) is 6.01. The summed E-state index contributed by atoms with van der Waals surface area (Å²) in [5, 5.41) is 15.3. The predicted octanol–water partition coefficient (Wildman–Crippen LogP) is 3.10. The Morgan fingerprint density at radius 2 is 2.08 bits per heavy atom. The van der Waals surface area contributed by atoms with Crippen molar-refractivity contribution in [1.29, 1.82) is 0 Å². The van der Waals surface area contributed by atoms with Crippen molar-refractivity contribution in [3.05, 3.63) is 24.3 Å². The van der Waals surface area contributed by atoms with Gasteiger partial charge in [0.2, 0.25) is 11.1 Å². The zero-order chi connectivity index (χ0) is 18.8. The average molecular weight is 378 g/mol. The molecule has 26 heavy (non-hydrogen) atoms. The largest absolute Gasteiger partial charge is 0.497 e.